The summed E-state index contributed by atoms with van der Waals surface area (Å²) in [7, 11) is 1.80. The molecule has 98 valence electrons. The normalized spacial score (nSPS) is 11.7. The van der Waals surface area contributed by atoms with Gasteiger partial charge in [0.15, 0.2) is 5.84 Å². The van der Waals surface area contributed by atoms with Gasteiger partial charge in [-0.1, -0.05) is 6.07 Å². The molecule has 0 radical (unpaired) electrons. The zero-order valence-corrected chi connectivity index (χ0v) is 10.9. The maximum absolute atomic E-state index is 10.6. The van der Waals surface area contributed by atoms with Crippen LogP contribution in [-0.4, -0.2) is 40.3 Å². The standard InChI is InChI=1S/C12H18N4O2/c1-10(2)14-12(9-16(17)18)15(3)8-11-5-4-6-13-7-11/h4-7,10H,8-9H2,1-3H3. The number of nitro groups is 1. The summed E-state index contributed by atoms with van der Waals surface area (Å²) in [4.78, 5) is 20.4. The van der Waals surface area contributed by atoms with Gasteiger partial charge in [-0.05, 0) is 25.5 Å². The highest BCUT2D eigenvalue weighted by Crippen LogP contribution is 2.03. The second-order valence-electron chi connectivity index (χ2n) is 4.35. The average Bonchev–Trinajstić information content (AvgIpc) is 2.28. The van der Waals surface area contributed by atoms with E-state index in [1.807, 2.05) is 26.0 Å². The minimum atomic E-state index is -0.360. The minimum absolute atomic E-state index is 0.0382. The van der Waals surface area contributed by atoms with Gasteiger partial charge in [0.05, 0.1) is 0 Å². The van der Waals surface area contributed by atoms with Crippen molar-refractivity contribution >= 4 is 5.84 Å². The molecule has 18 heavy (non-hydrogen) atoms. The van der Waals surface area contributed by atoms with E-state index in [1.54, 1.807) is 24.3 Å². The van der Waals surface area contributed by atoms with Crippen LogP contribution in [0.3, 0.4) is 0 Å². The van der Waals surface area contributed by atoms with Crippen LogP contribution in [0.4, 0.5) is 0 Å². The van der Waals surface area contributed by atoms with Crippen molar-refractivity contribution in [1.82, 2.24) is 9.88 Å². The van der Waals surface area contributed by atoms with E-state index in [9.17, 15) is 10.1 Å². The van der Waals surface area contributed by atoms with Gasteiger partial charge in [-0.15, -0.1) is 0 Å². The number of pyridine rings is 1. The molecular weight excluding hydrogens is 232 g/mol. The first-order valence-electron chi connectivity index (χ1n) is 5.77. The third-order valence-electron chi connectivity index (χ3n) is 2.26. The van der Waals surface area contributed by atoms with E-state index in [-0.39, 0.29) is 17.5 Å². The molecule has 0 unspecified atom stereocenters. The molecule has 0 aromatic carbocycles. The van der Waals surface area contributed by atoms with E-state index in [0.29, 0.717) is 12.4 Å². The summed E-state index contributed by atoms with van der Waals surface area (Å²) in [6.45, 7) is 4.11. The molecule has 0 saturated carbocycles. The first-order valence-corrected chi connectivity index (χ1v) is 5.77. The molecule has 0 amide bonds. The third-order valence-corrected chi connectivity index (χ3v) is 2.26. The van der Waals surface area contributed by atoms with Crippen molar-refractivity contribution in [3.05, 3.63) is 40.2 Å². The molecule has 1 aromatic rings. The van der Waals surface area contributed by atoms with Gasteiger partial charge in [-0.2, -0.15) is 0 Å². The summed E-state index contributed by atoms with van der Waals surface area (Å²) < 4.78 is 0. The quantitative estimate of drug-likeness (QED) is 0.344. The lowest BCUT2D eigenvalue weighted by atomic mass is 10.2. The van der Waals surface area contributed by atoms with Gasteiger partial charge in [0.25, 0.3) is 6.54 Å². The zero-order valence-electron chi connectivity index (χ0n) is 10.9. The molecule has 0 atom stereocenters. The highest BCUT2D eigenvalue weighted by molar-refractivity contribution is 5.83. The molecular formula is C12H18N4O2. The molecule has 1 rings (SSSR count). The molecule has 0 aliphatic rings. The van der Waals surface area contributed by atoms with E-state index in [2.05, 4.69) is 9.98 Å². The topological polar surface area (TPSA) is 71.6 Å². The van der Waals surface area contributed by atoms with Crippen LogP contribution < -0.4 is 0 Å². The van der Waals surface area contributed by atoms with Gasteiger partial charge in [0.1, 0.15) is 0 Å². The van der Waals surface area contributed by atoms with Crippen molar-refractivity contribution < 1.29 is 4.92 Å². The SMILES string of the molecule is CC(C)N=C(C[N+](=O)[O-])N(C)Cc1cccnc1. The van der Waals surface area contributed by atoms with Gasteiger partial charge < -0.3 is 4.90 Å². The van der Waals surface area contributed by atoms with Crippen LogP contribution in [0.15, 0.2) is 29.5 Å². The number of hydrogen-bond donors (Lipinski definition) is 0. The summed E-state index contributed by atoms with van der Waals surface area (Å²) in [5.74, 6) is 0.485. The third kappa shape index (κ3) is 4.90. The predicted octanol–water partition coefficient (Wildman–Crippen LogP) is 1.60. The molecule has 0 aliphatic carbocycles. The summed E-state index contributed by atoms with van der Waals surface area (Å²) in [6.07, 6.45) is 3.44. The van der Waals surface area contributed by atoms with E-state index in [0.717, 1.165) is 5.56 Å². The van der Waals surface area contributed by atoms with Crippen molar-refractivity contribution in [3.8, 4) is 0 Å². The number of nitrogens with zero attached hydrogens (tertiary/aromatic N) is 4. The van der Waals surface area contributed by atoms with Crippen molar-refractivity contribution in [2.24, 2.45) is 4.99 Å². The number of rotatable bonds is 5. The Morgan fingerprint density at radius 1 is 1.61 bits per heavy atom. The monoisotopic (exact) mass is 250 g/mol. The number of likely N-dealkylation sites (N-methyl/N-ethyl adjacent to an activating group) is 1. The Labute approximate surface area is 107 Å². The number of hydrogen-bond acceptors (Lipinski definition) is 4. The van der Waals surface area contributed by atoms with Crippen molar-refractivity contribution in [2.75, 3.05) is 13.6 Å². The van der Waals surface area contributed by atoms with Crippen molar-refractivity contribution in [2.45, 2.75) is 26.4 Å². The van der Waals surface area contributed by atoms with E-state index in [1.165, 1.54) is 0 Å². The molecule has 1 aromatic heterocycles. The van der Waals surface area contributed by atoms with Gasteiger partial charge in [0, 0.05) is 37.0 Å². The lowest BCUT2D eigenvalue weighted by molar-refractivity contribution is -0.464. The predicted molar refractivity (Wildman–Crippen MR) is 70.1 cm³/mol. The second-order valence-corrected chi connectivity index (χ2v) is 4.35. The zero-order chi connectivity index (χ0) is 13.5. The number of amidine groups is 1. The van der Waals surface area contributed by atoms with Crippen LogP contribution in [0.1, 0.15) is 19.4 Å². The highest BCUT2D eigenvalue weighted by Gasteiger charge is 2.14. The fourth-order valence-corrected chi connectivity index (χ4v) is 1.53. The van der Waals surface area contributed by atoms with Crippen LogP contribution >= 0.6 is 0 Å². The Morgan fingerprint density at radius 3 is 2.83 bits per heavy atom. The van der Waals surface area contributed by atoms with E-state index >= 15 is 0 Å². The molecule has 6 nitrogen and oxygen atoms in total. The smallest absolute Gasteiger partial charge is 0.260 e. The Hall–Kier alpha value is -1.98. The maximum Gasteiger partial charge on any atom is 0.260 e. The highest BCUT2D eigenvalue weighted by atomic mass is 16.6. The van der Waals surface area contributed by atoms with Gasteiger partial charge in [-0.25, -0.2) is 0 Å². The summed E-state index contributed by atoms with van der Waals surface area (Å²) in [6, 6.07) is 3.81. The molecule has 0 N–H and O–H groups in total. The van der Waals surface area contributed by atoms with Gasteiger partial charge in [-0.3, -0.25) is 20.1 Å². The average molecular weight is 250 g/mol. The molecule has 6 heteroatoms. The minimum Gasteiger partial charge on any atom is -0.354 e. The maximum atomic E-state index is 10.6. The Morgan fingerprint density at radius 2 is 2.33 bits per heavy atom. The lowest BCUT2D eigenvalue weighted by Crippen LogP contribution is -2.33. The van der Waals surface area contributed by atoms with Crippen molar-refractivity contribution in [3.63, 3.8) is 0 Å². The lowest BCUT2D eigenvalue weighted by Gasteiger charge is -2.19. The van der Waals surface area contributed by atoms with Crippen LogP contribution in [0, 0.1) is 10.1 Å². The van der Waals surface area contributed by atoms with Crippen LogP contribution in [-0.2, 0) is 6.54 Å². The summed E-state index contributed by atoms with van der Waals surface area (Å²) in [5.41, 5.74) is 1.000. The molecule has 0 spiro atoms. The molecule has 1 heterocycles. The number of aliphatic imine (C=N–C) groups is 1. The Kier molecular flexibility index (Phi) is 5.23. The summed E-state index contributed by atoms with van der Waals surface area (Å²) >= 11 is 0. The van der Waals surface area contributed by atoms with E-state index in [4.69, 9.17) is 0 Å². The fourth-order valence-electron chi connectivity index (χ4n) is 1.53. The van der Waals surface area contributed by atoms with Crippen LogP contribution in [0.2, 0.25) is 0 Å². The van der Waals surface area contributed by atoms with Crippen LogP contribution in [0.5, 0.6) is 0 Å². The molecule has 0 saturated heterocycles. The van der Waals surface area contributed by atoms with Gasteiger partial charge >= 0.3 is 0 Å². The molecule has 0 fully saturated rings. The van der Waals surface area contributed by atoms with Gasteiger partial charge in [0.2, 0.25) is 0 Å². The summed E-state index contributed by atoms with van der Waals surface area (Å²) in [5, 5.41) is 10.6. The largest absolute Gasteiger partial charge is 0.354 e. The first kappa shape index (κ1) is 14.1. The Balaban J connectivity index is 2.76. The molecule has 0 aliphatic heterocycles. The van der Waals surface area contributed by atoms with Crippen molar-refractivity contribution in [1.29, 1.82) is 0 Å². The van der Waals surface area contributed by atoms with E-state index < -0.39 is 0 Å². The fraction of sp³-hybridized carbons (Fsp3) is 0.500. The second kappa shape index (κ2) is 6.68. The molecule has 0 bridgehead atoms. The number of aromatic nitrogens is 1. The van der Waals surface area contributed by atoms with Crippen LogP contribution in [0.25, 0.3) is 0 Å². The first-order chi connectivity index (χ1) is 8.49. The Bertz CT molecular complexity index is 417.